The van der Waals surface area contributed by atoms with Crippen LogP contribution in [-0.4, -0.2) is 31.2 Å². The van der Waals surface area contributed by atoms with Crippen molar-refractivity contribution in [3.8, 4) is 11.5 Å². The quantitative estimate of drug-likeness (QED) is 0.820. The van der Waals surface area contributed by atoms with Crippen LogP contribution in [0.4, 0.5) is 0 Å². The highest BCUT2D eigenvalue weighted by Gasteiger charge is 2.11. The van der Waals surface area contributed by atoms with Crippen molar-refractivity contribution < 1.29 is 19.4 Å². The van der Waals surface area contributed by atoms with Crippen molar-refractivity contribution in [2.45, 2.75) is 19.4 Å². The summed E-state index contributed by atoms with van der Waals surface area (Å²) >= 11 is 3.32. The molecule has 1 rings (SSSR count). The van der Waals surface area contributed by atoms with Gasteiger partial charge >= 0.3 is 0 Å². The molecule has 0 bridgehead atoms. The number of aliphatic hydroxyl groups is 1. The molecule has 0 saturated heterocycles. The minimum atomic E-state index is -0.408. The van der Waals surface area contributed by atoms with Gasteiger partial charge in [0.1, 0.15) is 6.29 Å². The Morgan fingerprint density at radius 3 is 2.76 bits per heavy atom. The third-order valence-corrected chi connectivity index (χ3v) is 2.76. The van der Waals surface area contributed by atoms with Gasteiger partial charge in [0, 0.05) is 12.0 Å². The van der Waals surface area contributed by atoms with E-state index in [4.69, 9.17) is 14.6 Å². The molecule has 94 valence electrons. The van der Waals surface area contributed by atoms with Crippen LogP contribution in [0.1, 0.15) is 23.7 Å². The average Bonchev–Trinajstić information content (AvgIpc) is 2.30. The van der Waals surface area contributed by atoms with Crippen molar-refractivity contribution in [2.24, 2.45) is 0 Å². The van der Waals surface area contributed by atoms with Gasteiger partial charge in [0.25, 0.3) is 0 Å². The second-order valence-electron chi connectivity index (χ2n) is 3.64. The maximum Gasteiger partial charge on any atom is 0.175 e. The minimum Gasteiger partial charge on any atom is -0.493 e. The van der Waals surface area contributed by atoms with Crippen molar-refractivity contribution in [3.05, 3.63) is 22.2 Å². The van der Waals surface area contributed by atoms with E-state index in [1.54, 1.807) is 19.1 Å². The van der Waals surface area contributed by atoms with Gasteiger partial charge in [-0.3, -0.25) is 4.79 Å². The molecule has 0 fully saturated rings. The molecule has 0 aliphatic rings. The van der Waals surface area contributed by atoms with Crippen molar-refractivity contribution in [1.29, 1.82) is 0 Å². The Balaban J connectivity index is 2.86. The van der Waals surface area contributed by atoms with E-state index in [-0.39, 0.29) is 0 Å². The summed E-state index contributed by atoms with van der Waals surface area (Å²) in [6, 6.07) is 3.27. The first-order valence-corrected chi connectivity index (χ1v) is 6.01. The van der Waals surface area contributed by atoms with Crippen LogP contribution < -0.4 is 9.47 Å². The Hall–Kier alpha value is -1.07. The first-order chi connectivity index (χ1) is 8.08. The number of aldehydes is 1. The van der Waals surface area contributed by atoms with Crippen molar-refractivity contribution in [2.75, 3.05) is 13.7 Å². The smallest absolute Gasteiger partial charge is 0.175 e. The Bertz CT molecular complexity index is 390. The molecule has 1 unspecified atom stereocenters. The lowest BCUT2D eigenvalue weighted by Gasteiger charge is -2.13. The standard InChI is InChI=1S/C12H15BrO4/c1-8(15)3-4-17-12-10(13)5-9(7-14)6-11(12)16-2/h5-8,15H,3-4H2,1-2H3. The molecule has 1 aromatic carbocycles. The molecule has 17 heavy (non-hydrogen) atoms. The predicted octanol–water partition coefficient (Wildman–Crippen LogP) is 2.42. The largest absolute Gasteiger partial charge is 0.493 e. The minimum absolute atomic E-state index is 0.382. The van der Waals surface area contributed by atoms with Gasteiger partial charge in [0.2, 0.25) is 0 Å². The van der Waals surface area contributed by atoms with Crippen LogP contribution in [0.5, 0.6) is 11.5 Å². The van der Waals surface area contributed by atoms with Gasteiger partial charge in [-0.1, -0.05) is 0 Å². The molecule has 1 aromatic rings. The zero-order chi connectivity index (χ0) is 12.8. The monoisotopic (exact) mass is 302 g/mol. The molecule has 0 aliphatic carbocycles. The molecule has 0 radical (unpaired) electrons. The number of carbonyl (C=O) groups excluding carboxylic acids is 1. The van der Waals surface area contributed by atoms with Gasteiger partial charge in [-0.15, -0.1) is 0 Å². The normalized spacial score (nSPS) is 12.0. The molecule has 1 atom stereocenters. The second kappa shape index (κ2) is 6.61. The third kappa shape index (κ3) is 4.02. The molecule has 0 aromatic heterocycles. The zero-order valence-electron chi connectivity index (χ0n) is 9.77. The van der Waals surface area contributed by atoms with E-state index in [1.165, 1.54) is 7.11 Å². The Labute approximate surface area is 109 Å². The van der Waals surface area contributed by atoms with E-state index in [0.29, 0.717) is 34.6 Å². The fourth-order valence-corrected chi connectivity index (χ4v) is 1.85. The molecule has 0 heterocycles. The Kier molecular flexibility index (Phi) is 5.44. The van der Waals surface area contributed by atoms with Crippen LogP contribution in [0.25, 0.3) is 0 Å². The van der Waals surface area contributed by atoms with Crippen LogP contribution in [0.3, 0.4) is 0 Å². The highest BCUT2D eigenvalue weighted by atomic mass is 79.9. The van der Waals surface area contributed by atoms with Crippen molar-refractivity contribution in [3.63, 3.8) is 0 Å². The number of benzene rings is 1. The summed E-state index contributed by atoms with van der Waals surface area (Å²) < 4.78 is 11.3. The summed E-state index contributed by atoms with van der Waals surface area (Å²) in [6.45, 7) is 2.08. The molecule has 0 spiro atoms. The molecule has 1 N–H and O–H groups in total. The first-order valence-electron chi connectivity index (χ1n) is 5.22. The Morgan fingerprint density at radius 2 is 2.24 bits per heavy atom. The molecule has 5 heteroatoms. The maximum absolute atomic E-state index is 10.7. The van der Waals surface area contributed by atoms with E-state index in [0.717, 1.165) is 6.29 Å². The topological polar surface area (TPSA) is 55.8 Å². The van der Waals surface area contributed by atoms with Gasteiger partial charge in [-0.05, 0) is 35.0 Å². The lowest BCUT2D eigenvalue weighted by Crippen LogP contribution is -2.08. The number of ether oxygens (including phenoxy) is 2. The number of hydrogen-bond donors (Lipinski definition) is 1. The van der Waals surface area contributed by atoms with E-state index in [2.05, 4.69) is 15.9 Å². The van der Waals surface area contributed by atoms with Gasteiger partial charge < -0.3 is 14.6 Å². The number of halogens is 1. The number of carbonyl (C=O) groups is 1. The van der Waals surface area contributed by atoms with Gasteiger partial charge in [-0.25, -0.2) is 0 Å². The van der Waals surface area contributed by atoms with Crippen LogP contribution in [0.15, 0.2) is 16.6 Å². The molecule has 4 nitrogen and oxygen atoms in total. The van der Waals surface area contributed by atoms with E-state index >= 15 is 0 Å². The highest BCUT2D eigenvalue weighted by molar-refractivity contribution is 9.10. The fraction of sp³-hybridized carbons (Fsp3) is 0.417. The van der Waals surface area contributed by atoms with Crippen LogP contribution in [0, 0.1) is 0 Å². The van der Waals surface area contributed by atoms with Crippen LogP contribution in [0.2, 0.25) is 0 Å². The van der Waals surface area contributed by atoms with Crippen molar-refractivity contribution in [1.82, 2.24) is 0 Å². The summed E-state index contributed by atoms with van der Waals surface area (Å²) in [6.07, 6.45) is 0.867. The summed E-state index contributed by atoms with van der Waals surface area (Å²) in [5.41, 5.74) is 0.511. The maximum atomic E-state index is 10.7. The number of rotatable bonds is 6. The lowest BCUT2D eigenvalue weighted by molar-refractivity contribution is 0.112. The average molecular weight is 303 g/mol. The molecular formula is C12H15BrO4. The van der Waals surface area contributed by atoms with Gasteiger partial charge in [0.05, 0.1) is 24.3 Å². The molecule has 0 amide bonds. The highest BCUT2D eigenvalue weighted by Crippen LogP contribution is 2.36. The van der Waals surface area contributed by atoms with Gasteiger partial charge in [-0.2, -0.15) is 0 Å². The SMILES string of the molecule is COc1cc(C=O)cc(Br)c1OCCC(C)O. The lowest BCUT2D eigenvalue weighted by atomic mass is 10.2. The first kappa shape index (κ1) is 14.0. The molecular weight excluding hydrogens is 288 g/mol. The van der Waals surface area contributed by atoms with E-state index in [1.807, 2.05) is 0 Å². The number of hydrogen-bond acceptors (Lipinski definition) is 4. The van der Waals surface area contributed by atoms with Crippen LogP contribution >= 0.6 is 15.9 Å². The predicted molar refractivity (Wildman–Crippen MR) is 67.9 cm³/mol. The zero-order valence-corrected chi connectivity index (χ0v) is 11.4. The fourth-order valence-electron chi connectivity index (χ4n) is 1.28. The summed E-state index contributed by atoms with van der Waals surface area (Å²) in [4.78, 5) is 10.7. The third-order valence-electron chi connectivity index (χ3n) is 2.17. The molecule has 0 saturated carbocycles. The summed E-state index contributed by atoms with van der Waals surface area (Å²) in [5, 5.41) is 9.14. The summed E-state index contributed by atoms with van der Waals surface area (Å²) in [7, 11) is 1.51. The van der Waals surface area contributed by atoms with Crippen molar-refractivity contribution >= 4 is 22.2 Å². The molecule has 0 aliphatic heterocycles. The second-order valence-corrected chi connectivity index (χ2v) is 4.49. The van der Waals surface area contributed by atoms with E-state index in [9.17, 15) is 4.79 Å². The number of aliphatic hydroxyl groups excluding tert-OH is 1. The van der Waals surface area contributed by atoms with Crippen LogP contribution in [-0.2, 0) is 0 Å². The number of methoxy groups -OCH3 is 1. The van der Waals surface area contributed by atoms with E-state index < -0.39 is 6.10 Å². The Morgan fingerprint density at radius 1 is 1.53 bits per heavy atom. The summed E-state index contributed by atoms with van der Waals surface area (Å²) in [5.74, 6) is 1.03. The van der Waals surface area contributed by atoms with Gasteiger partial charge in [0.15, 0.2) is 11.5 Å².